The van der Waals surface area contributed by atoms with Gasteiger partial charge in [-0.2, -0.15) is 0 Å². The molecule has 1 aliphatic carbocycles. The average molecular weight is 494 g/mol. The summed E-state index contributed by atoms with van der Waals surface area (Å²) < 4.78 is 10.8. The van der Waals surface area contributed by atoms with Crippen LogP contribution in [-0.2, 0) is 23.9 Å². The highest BCUT2D eigenvalue weighted by Crippen LogP contribution is 2.49. The number of carbonyl (C=O) groups is 3. The summed E-state index contributed by atoms with van der Waals surface area (Å²) >= 11 is 1.53. The molecule has 2 aliphatic rings. The highest BCUT2D eigenvalue weighted by atomic mass is 32.1. The highest BCUT2D eigenvalue weighted by Gasteiger charge is 2.49. The molecule has 0 radical (unpaired) electrons. The molecule has 2 aromatic rings. The van der Waals surface area contributed by atoms with Crippen LogP contribution in [-0.4, -0.2) is 30.9 Å². The fraction of sp³-hybridized carbons (Fsp3) is 0.393. The number of hydrogen-bond acceptors (Lipinski definition) is 7. The zero-order chi connectivity index (χ0) is 24.9. The molecule has 0 spiro atoms. The summed E-state index contributed by atoms with van der Waals surface area (Å²) in [4.78, 5) is 41.6. The largest absolute Gasteiger partial charge is 0.465 e. The van der Waals surface area contributed by atoms with Gasteiger partial charge in [0.1, 0.15) is 5.92 Å². The number of thiophene rings is 1. The number of dihydropyridines is 1. The van der Waals surface area contributed by atoms with Crippen molar-refractivity contribution >= 4 is 29.1 Å². The summed E-state index contributed by atoms with van der Waals surface area (Å²) in [6.07, 6.45) is 1.95. The Bertz CT molecular complexity index is 1150. The van der Waals surface area contributed by atoms with E-state index in [-0.39, 0.29) is 24.9 Å². The number of esters is 2. The number of rotatable bonds is 8. The molecule has 0 saturated heterocycles. The third-order valence-electron chi connectivity index (χ3n) is 6.48. The van der Waals surface area contributed by atoms with E-state index >= 15 is 0 Å². The van der Waals surface area contributed by atoms with Crippen molar-refractivity contribution < 1.29 is 23.9 Å². The van der Waals surface area contributed by atoms with E-state index in [2.05, 4.69) is 12.2 Å². The van der Waals surface area contributed by atoms with Crippen molar-refractivity contribution in [1.82, 2.24) is 5.32 Å². The third kappa shape index (κ3) is 4.82. The molecular weight excluding hydrogens is 462 g/mol. The Kier molecular flexibility index (Phi) is 7.86. The zero-order valence-corrected chi connectivity index (χ0v) is 21.2. The molecule has 4 rings (SSSR count). The van der Waals surface area contributed by atoms with E-state index in [9.17, 15) is 14.4 Å². The molecule has 0 fully saturated rings. The number of benzene rings is 1. The number of carbonyl (C=O) groups excluding carboxylic acids is 3. The van der Waals surface area contributed by atoms with Crippen LogP contribution in [0.1, 0.15) is 62.3 Å². The van der Waals surface area contributed by atoms with Crippen LogP contribution in [0.3, 0.4) is 0 Å². The smallest absolute Gasteiger partial charge is 0.336 e. The fourth-order valence-electron chi connectivity index (χ4n) is 5.10. The minimum Gasteiger partial charge on any atom is -0.465 e. The molecule has 1 aliphatic heterocycles. The van der Waals surface area contributed by atoms with E-state index in [1.54, 1.807) is 13.8 Å². The number of allylic oxidation sites excluding steroid dienone is 3. The summed E-state index contributed by atoms with van der Waals surface area (Å²) in [5.74, 6) is -3.14. The second-order valence-electron chi connectivity index (χ2n) is 8.64. The van der Waals surface area contributed by atoms with Gasteiger partial charge >= 0.3 is 11.9 Å². The van der Waals surface area contributed by atoms with Crippen molar-refractivity contribution in [3.8, 4) is 0 Å². The topological polar surface area (TPSA) is 81.7 Å². The van der Waals surface area contributed by atoms with Crippen LogP contribution in [0.5, 0.6) is 0 Å². The van der Waals surface area contributed by atoms with Crippen LogP contribution in [0.15, 0.2) is 70.4 Å². The van der Waals surface area contributed by atoms with E-state index in [0.717, 1.165) is 28.3 Å². The summed E-state index contributed by atoms with van der Waals surface area (Å²) in [7, 11) is 0. The zero-order valence-electron chi connectivity index (χ0n) is 20.3. The van der Waals surface area contributed by atoms with Crippen LogP contribution in [0, 0.1) is 5.92 Å². The van der Waals surface area contributed by atoms with Gasteiger partial charge in [0, 0.05) is 33.7 Å². The lowest BCUT2D eigenvalue weighted by atomic mass is 9.68. The van der Waals surface area contributed by atoms with Gasteiger partial charge in [-0.1, -0.05) is 49.7 Å². The Labute approximate surface area is 210 Å². The second-order valence-corrected chi connectivity index (χ2v) is 9.62. The number of hydrogen-bond donors (Lipinski definition) is 1. The number of nitrogens with one attached hydrogen (secondary N) is 1. The monoisotopic (exact) mass is 493 g/mol. The van der Waals surface area contributed by atoms with Gasteiger partial charge in [-0.05, 0) is 43.7 Å². The Morgan fingerprint density at radius 3 is 2.40 bits per heavy atom. The predicted octanol–water partition coefficient (Wildman–Crippen LogP) is 5.24. The molecule has 0 amide bonds. The van der Waals surface area contributed by atoms with Gasteiger partial charge in [-0.25, -0.2) is 4.79 Å². The normalized spacial score (nSPS) is 21.9. The molecule has 1 aromatic heterocycles. The SMILES string of the molecule is CCCC1=C(C(=O)OCC)[C@H](c2ccccc2)C2=C(C[C@H](c3cccs3)[C@H](C(=O)OCC)C2=O)N1. The van der Waals surface area contributed by atoms with Crippen molar-refractivity contribution in [2.75, 3.05) is 13.2 Å². The van der Waals surface area contributed by atoms with Crippen molar-refractivity contribution in [2.45, 2.75) is 51.9 Å². The first-order chi connectivity index (χ1) is 17.0. The van der Waals surface area contributed by atoms with Gasteiger partial charge < -0.3 is 14.8 Å². The second kappa shape index (κ2) is 11.0. The summed E-state index contributed by atoms with van der Waals surface area (Å²) in [5, 5.41) is 5.40. The summed E-state index contributed by atoms with van der Waals surface area (Å²) in [6.45, 7) is 5.99. The van der Waals surface area contributed by atoms with Crippen LogP contribution in [0.25, 0.3) is 0 Å². The van der Waals surface area contributed by atoms with E-state index in [0.29, 0.717) is 24.0 Å². The van der Waals surface area contributed by atoms with E-state index in [4.69, 9.17) is 9.47 Å². The molecule has 2 heterocycles. The summed E-state index contributed by atoms with van der Waals surface area (Å²) in [6, 6.07) is 13.4. The van der Waals surface area contributed by atoms with Gasteiger partial charge in [-0.3, -0.25) is 9.59 Å². The maximum absolute atomic E-state index is 14.2. The Morgan fingerprint density at radius 1 is 1.03 bits per heavy atom. The first kappa shape index (κ1) is 24.9. The molecule has 0 saturated carbocycles. The van der Waals surface area contributed by atoms with Gasteiger partial charge in [0.15, 0.2) is 5.78 Å². The van der Waals surface area contributed by atoms with E-state index in [1.165, 1.54) is 11.3 Å². The molecule has 1 N–H and O–H groups in total. The highest BCUT2D eigenvalue weighted by molar-refractivity contribution is 7.10. The first-order valence-corrected chi connectivity index (χ1v) is 13.1. The minimum absolute atomic E-state index is 0.195. The fourth-order valence-corrected chi connectivity index (χ4v) is 5.96. The van der Waals surface area contributed by atoms with Gasteiger partial charge in [-0.15, -0.1) is 11.3 Å². The third-order valence-corrected chi connectivity index (χ3v) is 7.49. The Hall–Kier alpha value is -3.19. The maximum Gasteiger partial charge on any atom is 0.336 e. The van der Waals surface area contributed by atoms with Gasteiger partial charge in [0.25, 0.3) is 0 Å². The van der Waals surface area contributed by atoms with Crippen molar-refractivity contribution in [3.05, 3.63) is 80.8 Å². The lowest BCUT2D eigenvalue weighted by Crippen LogP contribution is -2.43. The standard InChI is InChI=1S/C28H31NO5S/c1-4-11-19-25(28(32)34-6-3)22(17-12-8-7-9-13-17)24-20(29-19)16-18(21-14-10-15-35-21)23(26(24)30)27(31)33-5-2/h7-10,12-15,18,22-23,29H,4-6,11,16H2,1-3H3/t18-,22-,23+/m1/s1. The average Bonchev–Trinajstić information content (AvgIpc) is 3.39. The van der Waals surface area contributed by atoms with Gasteiger partial charge in [0.2, 0.25) is 0 Å². The first-order valence-electron chi connectivity index (χ1n) is 12.2. The van der Waals surface area contributed by atoms with E-state index < -0.39 is 23.8 Å². The number of Topliss-reactive ketones (excluding diaryl/α,β-unsaturated/α-hetero) is 1. The van der Waals surface area contributed by atoms with Crippen LogP contribution in [0.2, 0.25) is 0 Å². The molecule has 0 unspecified atom stereocenters. The molecule has 6 nitrogen and oxygen atoms in total. The molecule has 7 heteroatoms. The molecular formula is C28H31NO5S. The Balaban J connectivity index is 1.90. The minimum atomic E-state index is -0.962. The van der Waals surface area contributed by atoms with Gasteiger partial charge in [0.05, 0.1) is 18.8 Å². The van der Waals surface area contributed by atoms with Crippen molar-refractivity contribution in [2.24, 2.45) is 5.92 Å². The molecule has 0 bridgehead atoms. The van der Waals surface area contributed by atoms with Crippen molar-refractivity contribution in [1.29, 1.82) is 0 Å². The quantitative estimate of drug-likeness (QED) is 0.400. The molecule has 1 aromatic carbocycles. The molecule has 35 heavy (non-hydrogen) atoms. The lowest BCUT2D eigenvalue weighted by Gasteiger charge is -2.39. The predicted molar refractivity (Wildman–Crippen MR) is 135 cm³/mol. The Morgan fingerprint density at radius 2 is 1.77 bits per heavy atom. The molecule has 184 valence electrons. The van der Waals surface area contributed by atoms with Crippen LogP contribution < -0.4 is 5.32 Å². The number of ketones is 1. The lowest BCUT2D eigenvalue weighted by molar-refractivity contribution is -0.152. The van der Waals surface area contributed by atoms with Crippen molar-refractivity contribution in [3.63, 3.8) is 0 Å². The van der Waals surface area contributed by atoms with Crippen LogP contribution in [0.4, 0.5) is 0 Å². The van der Waals surface area contributed by atoms with Crippen LogP contribution >= 0.6 is 11.3 Å². The maximum atomic E-state index is 14.2. The summed E-state index contributed by atoms with van der Waals surface area (Å²) in [5.41, 5.74) is 3.29. The van der Waals surface area contributed by atoms with E-state index in [1.807, 2.05) is 47.8 Å². The number of ether oxygens (including phenoxy) is 2. The molecule has 3 atom stereocenters.